The van der Waals surface area contributed by atoms with Crippen LogP contribution in [0.25, 0.3) is 10.2 Å². The molecule has 0 aliphatic carbocycles. The average molecular weight is 353 g/mol. The number of carbonyl (C=O) groups excluding carboxylic acids is 1. The quantitative estimate of drug-likeness (QED) is 0.770. The number of thiophene rings is 1. The maximum absolute atomic E-state index is 12.5. The lowest BCUT2D eigenvalue weighted by Crippen LogP contribution is -2.35. The van der Waals surface area contributed by atoms with Crippen molar-refractivity contribution < 1.29 is 18.0 Å². The number of benzene rings is 1. The van der Waals surface area contributed by atoms with Crippen molar-refractivity contribution in [3.8, 4) is 0 Å². The smallest absolute Gasteiger partial charge is 0.267 e. The van der Waals surface area contributed by atoms with Gasteiger partial charge in [0.25, 0.3) is 11.5 Å². The molecule has 0 spiro atoms. The van der Waals surface area contributed by atoms with Crippen LogP contribution in [-0.4, -0.2) is 15.6 Å². The summed E-state index contributed by atoms with van der Waals surface area (Å²) in [6.07, 6.45) is -4.48. The summed E-state index contributed by atoms with van der Waals surface area (Å²) in [5, 5.41) is 2.07. The van der Waals surface area contributed by atoms with Gasteiger partial charge >= 0.3 is 6.18 Å². The van der Waals surface area contributed by atoms with Crippen LogP contribution in [-0.2, 0) is 6.18 Å². The second kappa shape index (κ2) is 5.75. The van der Waals surface area contributed by atoms with Gasteiger partial charge in [0.05, 0.1) is 10.9 Å². The van der Waals surface area contributed by atoms with Crippen molar-refractivity contribution in [2.75, 3.05) is 5.43 Å². The van der Waals surface area contributed by atoms with Gasteiger partial charge in [-0.1, -0.05) is 0 Å². The third kappa shape index (κ3) is 2.90. The van der Waals surface area contributed by atoms with Gasteiger partial charge in [0.15, 0.2) is 0 Å². The molecule has 2 aromatic heterocycles. The average Bonchev–Trinajstić information content (AvgIpc) is 2.99. The van der Waals surface area contributed by atoms with Gasteiger partial charge in [0, 0.05) is 5.56 Å². The summed E-state index contributed by atoms with van der Waals surface area (Å²) in [5.41, 5.74) is 1.06. The molecule has 0 saturated carbocycles. The Bertz CT molecular complexity index is 974. The lowest BCUT2D eigenvalue weighted by molar-refractivity contribution is -0.137. The number of halogens is 3. The monoisotopic (exact) mass is 353 g/mol. The zero-order chi connectivity index (χ0) is 17.5. The lowest BCUT2D eigenvalue weighted by atomic mass is 10.1. The summed E-state index contributed by atoms with van der Waals surface area (Å²) in [4.78, 5) is 29.3. The zero-order valence-corrected chi connectivity index (χ0v) is 13.0. The number of nitrogens with zero attached hydrogens (tertiary/aromatic N) is 2. The number of rotatable bonds is 2. The van der Waals surface area contributed by atoms with Crippen LogP contribution >= 0.6 is 11.3 Å². The highest BCUT2D eigenvalue weighted by atomic mass is 32.1. The second-order valence-electron chi connectivity index (χ2n) is 4.96. The van der Waals surface area contributed by atoms with Crippen molar-refractivity contribution in [1.82, 2.24) is 9.66 Å². The SMILES string of the molecule is Cc1nc2sccc2c(=O)n1NC(=O)c1ccc(C(F)(F)F)cc1. The van der Waals surface area contributed by atoms with E-state index < -0.39 is 23.2 Å². The molecular weight excluding hydrogens is 343 g/mol. The third-order valence-electron chi connectivity index (χ3n) is 3.35. The molecular formula is C15H10F3N3O2S. The van der Waals surface area contributed by atoms with Crippen molar-refractivity contribution in [3.05, 3.63) is 63.0 Å². The molecule has 1 amide bonds. The molecule has 3 rings (SSSR count). The first kappa shape index (κ1) is 16.2. The van der Waals surface area contributed by atoms with Gasteiger partial charge in [0.2, 0.25) is 0 Å². The largest absolute Gasteiger partial charge is 0.416 e. The Morgan fingerprint density at radius 1 is 1.21 bits per heavy atom. The Morgan fingerprint density at radius 2 is 1.88 bits per heavy atom. The van der Waals surface area contributed by atoms with Gasteiger partial charge in [-0.2, -0.15) is 13.2 Å². The Morgan fingerprint density at radius 3 is 2.50 bits per heavy atom. The van der Waals surface area contributed by atoms with Crippen LogP contribution in [0, 0.1) is 6.92 Å². The van der Waals surface area contributed by atoms with Crippen LogP contribution in [0.5, 0.6) is 0 Å². The maximum atomic E-state index is 12.5. The molecule has 0 unspecified atom stereocenters. The Balaban J connectivity index is 1.91. The topological polar surface area (TPSA) is 64.0 Å². The molecule has 1 aromatic carbocycles. The molecule has 0 atom stereocenters. The first-order valence-electron chi connectivity index (χ1n) is 6.73. The van der Waals surface area contributed by atoms with Gasteiger partial charge < -0.3 is 0 Å². The number of aryl methyl sites for hydroxylation is 1. The Kier molecular flexibility index (Phi) is 3.88. The highest BCUT2D eigenvalue weighted by molar-refractivity contribution is 7.16. The molecule has 9 heteroatoms. The number of fused-ring (bicyclic) bond motifs is 1. The van der Waals surface area contributed by atoms with Gasteiger partial charge in [-0.05, 0) is 42.6 Å². The van der Waals surface area contributed by atoms with Crippen LogP contribution in [0.1, 0.15) is 21.7 Å². The van der Waals surface area contributed by atoms with E-state index in [9.17, 15) is 22.8 Å². The molecule has 0 saturated heterocycles. The molecule has 2 heterocycles. The number of aromatic nitrogens is 2. The highest BCUT2D eigenvalue weighted by Crippen LogP contribution is 2.29. The Hall–Kier alpha value is -2.68. The third-order valence-corrected chi connectivity index (χ3v) is 4.16. The van der Waals surface area contributed by atoms with Crippen LogP contribution < -0.4 is 11.0 Å². The van der Waals surface area contributed by atoms with Gasteiger partial charge in [-0.25, -0.2) is 9.66 Å². The molecule has 0 bridgehead atoms. The van der Waals surface area contributed by atoms with Crippen molar-refractivity contribution >= 4 is 27.5 Å². The minimum atomic E-state index is -4.48. The summed E-state index contributed by atoms with van der Waals surface area (Å²) < 4.78 is 38.6. The summed E-state index contributed by atoms with van der Waals surface area (Å²) in [7, 11) is 0. The number of hydrogen-bond acceptors (Lipinski definition) is 4. The number of carbonyl (C=O) groups is 1. The van der Waals surface area contributed by atoms with E-state index in [0.29, 0.717) is 10.2 Å². The highest BCUT2D eigenvalue weighted by Gasteiger charge is 2.30. The Labute approximate surface area is 137 Å². The normalized spacial score (nSPS) is 11.7. The van der Waals surface area contributed by atoms with Crippen LogP contribution in [0.4, 0.5) is 13.2 Å². The van der Waals surface area contributed by atoms with Crippen molar-refractivity contribution in [1.29, 1.82) is 0 Å². The molecule has 0 aliphatic heterocycles. The van der Waals surface area contributed by atoms with Crippen LogP contribution in [0.2, 0.25) is 0 Å². The summed E-state index contributed by atoms with van der Waals surface area (Å²) in [6, 6.07) is 5.31. The maximum Gasteiger partial charge on any atom is 0.416 e. The zero-order valence-electron chi connectivity index (χ0n) is 12.2. The molecule has 1 N–H and O–H groups in total. The van der Waals surface area contributed by atoms with E-state index in [2.05, 4.69) is 10.4 Å². The number of alkyl halides is 3. The molecule has 5 nitrogen and oxygen atoms in total. The number of amides is 1. The van der Waals surface area contributed by atoms with E-state index in [0.717, 1.165) is 28.9 Å². The van der Waals surface area contributed by atoms with Gasteiger partial charge in [-0.15, -0.1) is 11.3 Å². The molecule has 3 aromatic rings. The van der Waals surface area contributed by atoms with Crippen LogP contribution in [0.3, 0.4) is 0 Å². The van der Waals surface area contributed by atoms with E-state index >= 15 is 0 Å². The molecule has 0 radical (unpaired) electrons. The van der Waals surface area contributed by atoms with Crippen LogP contribution in [0.15, 0.2) is 40.5 Å². The van der Waals surface area contributed by atoms with E-state index in [-0.39, 0.29) is 11.4 Å². The van der Waals surface area contributed by atoms with Crippen molar-refractivity contribution in [2.45, 2.75) is 13.1 Å². The van der Waals surface area contributed by atoms with E-state index in [4.69, 9.17) is 0 Å². The van der Waals surface area contributed by atoms with E-state index in [1.807, 2.05) is 0 Å². The lowest BCUT2D eigenvalue weighted by Gasteiger charge is -2.11. The van der Waals surface area contributed by atoms with E-state index in [1.54, 1.807) is 18.4 Å². The predicted octanol–water partition coefficient (Wildman–Crippen LogP) is 3.17. The standard InChI is InChI=1S/C15H10F3N3O2S/c1-8-19-13-11(6-7-24-13)14(23)21(8)20-12(22)9-2-4-10(5-3-9)15(16,17)18/h2-7H,1H3,(H,20,22). The van der Waals surface area contributed by atoms with Gasteiger partial charge in [0.1, 0.15) is 10.7 Å². The fourth-order valence-corrected chi connectivity index (χ4v) is 2.92. The number of hydrogen-bond donors (Lipinski definition) is 1. The van der Waals surface area contributed by atoms with Crippen molar-refractivity contribution in [3.63, 3.8) is 0 Å². The second-order valence-corrected chi connectivity index (χ2v) is 5.85. The van der Waals surface area contributed by atoms with Gasteiger partial charge in [-0.3, -0.25) is 15.0 Å². The summed E-state index contributed by atoms with van der Waals surface area (Å²) in [6.45, 7) is 1.55. The molecule has 0 fully saturated rings. The first-order chi connectivity index (χ1) is 11.3. The summed E-state index contributed by atoms with van der Waals surface area (Å²) >= 11 is 1.30. The molecule has 24 heavy (non-hydrogen) atoms. The van der Waals surface area contributed by atoms with E-state index in [1.165, 1.54) is 11.3 Å². The molecule has 0 aliphatic rings. The predicted molar refractivity (Wildman–Crippen MR) is 83.8 cm³/mol. The number of nitrogens with one attached hydrogen (secondary N) is 1. The summed E-state index contributed by atoms with van der Waals surface area (Å²) in [5.74, 6) is -0.430. The fraction of sp³-hybridized carbons (Fsp3) is 0.133. The minimum Gasteiger partial charge on any atom is -0.267 e. The molecule has 124 valence electrons. The minimum absolute atomic E-state index is 0.000263. The fourth-order valence-electron chi connectivity index (χ4n) is 2.12. The van der Waals surface area contributed by atoms with Crippen molar-refractivity contribution in [2.24, 2.45) is 0 Å². The first-order valence-corrected chi connectivity index (χ1v) is 7.61.